The summed E-state index contributed by atoms with van der Waals surface area (Å²) in [6.07, 6.45) is 0.920. The lowest BCUT2D eigenvalue weighted by Crippen LogP contribution is -2.38. The minimum absolute atomic E-state index is 0.0540. The standard InChI is InChI=1S/C14H17N3O2/c1-16(10-14(18)19)12-6-7-17(9-12)13-5-3-2-4-11(13)8-15/h2-5,12H,6-7,9-10H2,1H3,(H,18,19). The second kappa shape index (κ2) is 5.72. The maximum atomic E-state index is 10.7. The zero-order valence-corrected chi connectivity index (χ0v) is 10.9. The molecule has 1 aromatic rings. The molecule has 1 fully saturated rings. The van der Waals surface area contributed by atoms with E-state index in [9.17, 15) is 4.79 Å². The molecule has 0 amide bonds. The summed E-state index contributed by atoms with van der Waals surface area (Å²) in [6, 6.07) is 9.95. The van der Waals surface area contributed by atoms with Crippen molar-refractivity contribution in [3.8, 4) is 6.07 Å². The molecule has 0 radical (unpaired) electrons. The Morgan fingerprint density at radius 3 is 3.00 bits per heavy atom. The number of nitrogens with zero attached hydrogens (tertiary/aromatic N) is 3. The Bertz CT molecular complexity index is 510. The maximum absolute atomic E-state index is 10.7. The molecule has 0 aromatic heterocycles. The third-order valence-corrected chi connectivity index (χ3v) is 3.54. The van der Waals surface area contributed by atoms with Gasteiger partial charge in [-0.2, -0.15) is 5.26 Å². The Labute approximate surface area is 112 Å². The van der Waals surface area contributed by atoms with E-state index in [0.717, 1.165) is 25.2 Å². The first-order chi connectivity index (χ1) is 9.11. The largest absolute Gasteiger partial charge is 0.480 e. The van der Waals surface area contributed by atoms with Gasteiger partial charge < -0.3 is 10.0 Å². The fraction of sp³-hybridized carbons (Fsp3) is 0.429. The molecule has 19 heavy (non-hydrogen) atoms. The average Bonchev–Trinajstić information content (AvgIpc) is 2.87. The molecule has 0 saturated carbocycles. The second-order valence-electron chi connectivity index (χ2n) is 4.83. The summed E-state index contributed by atoms with van der Waals surface area (Å²) in [6.45, 7) is 1.67. The summed E-state index contributed by atoms with van der Waals surface area (Å²) in [7, 11) is 1.83. The van der Waals surface area contributed by atoms with E-state index in [-0.39, 0.29) is 12.6 Å². The normalized spacial score (nSPS) is 18.6. The van der Waals surface area contributed by atoms with Gasteiger partial charge in [0.1, 0.15) is 6.07 Å². The molecule has 1 aliphatic heterocycles. The van der Waals surface area contributed by atoms with E-state index in [1.54, 1.807) is 0 Å². The molecule has 1 N–H and O–H groups in total. The minimum Gasteiger partial charge on any atom is -0.480 e. The number of para-hydroxylation sites is 1. The third kappa shape index (κ3) is 3.04. The van der Waals surface area contributed by atoms with Gasteiger partial charge in [0, 0.05) is 19.1 Å². The zero-order chi connectivity index (χ0) is 13.8. The summed E-state index contributed by atoms with van der Waals surface area (Å²) in [4.78, 5) is 14.7. The molecule has 1 saturated heterocycles. The molecule has 100 valence electrons. The number of rotatable bonds is 4. The van der Waals surface area contributed by atoms with Crippen LogP contribution in [-0.4, -0.2) is 48.7 Å². The van der Waals surface area contributed by atoms with Crippen molar-refractivity contribution in [2.45, 2.75) is 12.5 Å². The predicted molar refractivity (Wildman–Crippen MR) is 72.0 cm³/mol. The molecule has 0 bridgehead atoms. The molecule has 5 nitrogen and oxygen atoms in total. The Morgan fingerprint density at radius 2 is 2.32 bits per heavy atom. The van der Waals surface area contributed by atoms with Gasteiger partial charge in [-0.25, -0.2) is 0 Å². The summed E-state index contributed by atoms with van der Waals surface area (Å²) in [5.74, 6) is -0.807. The molecule has 1 aromatic carbocycles. The molecule has 1 unspecified atom stereocenters. The Morgan fingerprint density at radius 1 is 1.58 bits per heavy atom. The highest BCUT2D eigenvalue weighted by atomic mass is 16.4. The minimum atomic E-state index is -0.807. The number of benzene rings is 1. The third-order valence-electron chi connectivity index (χ3n) is 3.54. The summed E-state index contributed by atoms with van der Waals surface area (Å²) >= 11 is 0. The van der Waals surface area contributed by atoms with Crippen LogP contribution in [0.15, 0.2) is 24.3 Å². The van der Waals surface area contributed by atoms with Crippen LogP contribution in [0.25, 0.3) is 0 Å². The molecule has 1 aliphatic rings. The van der Waals surface area contributed by atoms with Crippen LogP contribution in [-0.2, 0) is 4.79 Å². The van der Waals surface area contributed by atoms with Crippen LogP contribution in [0.4, 0.5) is 5.69 Å². The number of hydrogen-bond donors (Lipinski definition) is 1. The Balaban J connectivity index is 2.06. The molecule has 0 aliphatic carbocycles. The fourth-order valence-electron chi connectivity index (χ4n) is 2.51. The highest BCUT2D eigenvalue weighted by Crippen LogP contribution is 2.25. The lowest BCUT2D eigenvalue weighted by Gasteiger charge is -2.24. The van der Waals surface area contributed by atoms with Gasteiger partial charge in [0.2, 0.25) is 0 Å². The van der Waals surface area contributed by atoms with Crippen molar-refractivity contribution in [2.24, 2.45) is 0 Å². The first-order valence-corrected chi connectivity index (χ1v) is 6.28. The topological polar surface area (TPSA) is 67.6 Å². The van der Waals surface area contributed by atoms with Crippen molar-refractivity contribution in [2.75, 3.05) is 31.6 Å². The number of carbonyl (C=O) groups is 1. The van der Waals surface area contributed by atoms with Crippen molar-refractivity contribution in [1.82, 2.24) is 4.90 Å². The van der Waals surface area contributed by atoms with Gasteiger partial charge in [-0.1, -0.05) is 12.1 Å². The van der Waals surface area contributed by atoms with Crippen molar-refractivity contribution in [1.29, 1.82) is 5.26 Å². The summed E-state index contributed by atoms with van der Waals surface area (Å²) in [5.41, 5.74) is 1.61. The van der Waals surface area contributed by atoms with Gasteiger partial charge in [-0.05, 0) is 25.6 Å². The zero-order valence-electron chi connectivity index (χ0n) is 10.9. The van der Waals surface area contributed by atoms with Crippen LogP contribution in [0.1, 0.15) is 12.0 Å². The van der Waals surface area contributed by atoms with E-state index in [0.29, 0.717) is 5.56 Å². The van der Waals surface area contributed by atoms with Crippen LogP contribution in [0.5, 0.6) is 0 Å². The summed E-state index contributed by atoms with van der Waals surface area (Å²) in [5, 5.41) is 17.9. The quantitative estimate of drug-likeness (QED) is 0.878. The molecule has 5 heteroatoms. The number of hydrogen-bond acceptors (Lipinski definition) is 4. The van der Waals surface area contributed by atoms with E-state index in [2.05, 4.69) is 11.0 Å². The molecular formula is C14H17N3O2. The lowest BCUT2D eigenvalue weighted by molar-refractivity contribution is -0.138. The maximum Gasteiger partial charge on any atom is 0.317 e. The van der Waals surface area contributed by atoms with Gasteiger partial charge >= 0.3 is 5.97 Å². The number of carboxylic acid groups (broad SMARTS) is 1. The van der Waals surface area contributed by atoms with Crippen LogP contribution in [0.3, 0.4) is 0 Å². The monoisotopic (exact) mass is 259 g/mol. The van der Waals surface area contributed by atoms with Crippen molar-refractivity contribution in [3.05, 3.63) is 29.8 Å². The second-order valence-corrected chi connectivity index (χ2v) is 4.83. The van der Waals surface area contributed by atoms with Gasteiger partial charge in [0.05, 0.1) is 17.8 Å². The predicted octanol–water partition coefficient (Wildman–Crippen LogP) is 1.15. The van der Waals surface area contributed by atoms with Crippen molar-refractivity contribution < 1.29 is 9.90 Å². The number of nitriles is 1. The van der Waals surface area contributed by atoms with E-state index < -0.39 is 5.97 Å². The molecular weight excluding hydrogens is 242 g/mol. The Kier molecular flexibility index (Phi) is 4.03. The van der Waals surface area contributed by atoms with Gasteiger partial charge in [-0.15, -0.1) is 0 Å². The number of likely N-dealkylation sites (N-methyl/N-ethyl adjacent to an activating group) is 1. The van der Waals surface area contributed by atoms with E-state index in [1.165, 1.54) is 0 Å². The fourth-order valence-corrected chi connectivity index (χ4v) is 2.51. The first-order valence-electron chi connectivity index (χ1n) is 6.28. The molecule has 2 rings (SSSR count). The number of anilines is 1. The highest BCUT2D eigenvalue weighted by molar-refractivity contribution is 5.69. The SMILES string of the molecule is CN(CC(=O)O)C1CCN(c2ccccc2C#N)C1. The number of carboxylic acids is 1. The molecule has 0 spiro atoms. The first kappa shape index (κ1) is 13.4. The van der Waals surface area contributed by atoms with Gasteiger partial charge in [0.25, 0.3) is 0 Å². The van der Waals surface area contributed by atoms with Crippen LogP contribution in [0.2, 0.25) is 0 Å². The lowest BCUT2D eigenvalue weighted by atomic mass is 10.2. The van der Waals surface area contributed by atoms with E-state index in [4.69, 9.17) is 10.4 Å². The Hall–Kier alpha value is -2.06. The van der Waals surface area contributed by atoms with Gasteiger partial charge in [0.15, 0.2) is 0 Å². The summed E-state index contributed by atoms with van der Waals surface area (Å²) < 4.78 is 0. The van der Waals surface area contributed by atoms with Gasteiger partial charge in [-0.3, -0.25) is 9.69 Å². The van der Waals surface area contributed by atoms with E-state index >= 15 is 0 Å². The van der Waals surface area contributed by atoms with E-state index in [1.807, 2.05) is 36.2 Å². The smallest absolute Gasteiger partial charge is 0.317 e. The highest BCUT2D eigenvalue weighted by Gasteiger charge is 2.27. The van der Waals surface area contributed by atoms with Crippen molar-refractivity contribution in [3.63, 3.8) is 0 Å². The average molecular weight is 259 g/mol. The molecule has 1 atom stereocenters. The van der Waals surface area contributed by atoms with Crippen molar-refractivity contribution >= 4 is 11.7 Å². The van der Waals surface area contributed by atoms with Crippen LogP contribution in [0, 0.1) is 11.3 Å². The number of aliphatic carboxylic acids is 1. The molecule has 1 heterocycles. The van der Waals surface area contributed by atoms with Crippen LogP contribution >= 0.6 is 0 Å². The van der Waals surface area contributed by atoms with Crippen LogP contribution < -0.4 is 4.90 Å².